The minimum absolute atomic E-state index is 0.335. The first-order chi connectivity index (χ1) is 7.69. The summed E-state index contributed by atoms with van der Waals surface area (Å²) in [5.41, 5.74) is 2.96. The molecule has 1 rings (SSSR count). The van der Waals surface area contributed by atoms with Gasteiger partial charge in [0.25, 0.3) is 0 Å². The molecule has 3 heteroatoms. The molecule has 0 aromatic carbocycles. The van der Waals surface area contributed by atoms with E-state index in [-0.39, 0.29) is 0 Å². The first-order valence-corrected chi connectivity index (χ1v) is 6.76. The molecule has 3 N–H and O–H groups in total. The summed E-state index contributed by atoms with van der Waals surface area (Å²) in [5.74, 6) is 7.19. The Balaban J connectivity index is 2.31. The third-order valence-corrected chi connectivity index (χ3v) is 3.35. The van der Waals surface area contributed by atoms with Gasteiger partial charge in [-0.1, -0.05) is 26.7 Å². The maximum absolute atomic E-state index is 5.83. The van der Waals surface area contributed by atoms with Crippen molar-refractivity contribution >= 4 is 0 Å². The average Bonchev–Trinajstić information content (AvgIpc) is 3.05. The smallest absolute Gasteiger partial charge is 0.0769 e. The van der Waals surface area contributed by atoms with Gasteiger partial charge < -0.3 is 4.74 Å². The maximum atomic E-state index is 5.83. The molecule has 1 aliphatic carbocycles. The second-order valence-corrected chi connectivity index (χ2v) is 5.36. The van der Waals surface area contributed by atoms with Crippen LogP contribution in [0.2, 0.25) is 0 Å². The second-order valence-electron chi connectivity index (χ2n) is 5.36. The van der Waals surface area contributed by atoms with Crippen molar-refractivity contribution < 1.29 is 4.74 Å². The number of nitrogens with two attached hydrogens (primary N) is 1. The molecule has 0 radical (unpaired) electrons. The molecule has 0 aliphatic heterocycles. The molecular weight excluding hydrogens is 200 g/mol. The zero-order chi connectivity index (χ0) is 12.0. The number of ether oxygens (including phenoxy) is 1. The minimum atomic E-state index is 0.335. The quantitative estimate of drug-likeness (QED) is 0.471. The van der Waals surface area contributed by atoms with E-state index in [1.807, 2.05) is 0 Å². The molecule has 0 amide bonds. The van der Waals surface area contributed by atoms with Crippen molar-refractivity contribution in [2.75, 3.05) is 6.61 Å². The lowest BCUT2D eigenvalue weighted by atomic mass is 9.98. The van der Waals surface area contributed by atoms with Gasteiger partial charge in [-0.15, -0.1) is 0 Å². The van der Waals surface area contributed by atoms with Gasteiger partial charge in [0.1, 0.15) is 0 Å². The highest BCUT2D eigenvalue weighted by molar-refractivity contribution is 4.89. The number of rotatable bonds is 9. The Labute approximate surface area is 100 Å². The van der Waals surface area contributed by atoms with Crippen molar-refractivity contribution in [3.05, 3.63) is 0 Å². The van der Waals surface area contributed by atoms with Crippen LogP contribution in [0.5, 0.6) is 0 Å². The first kappa shape index (κ1) is 13.9. The molecule has 16 heavy (non-hydrogen) atoms. The minimum Gasteiger partial charge on any atom is -0.377 e. The van der Waals surface area contributed by atoms with E-state index in [9.17, 15) is 0 Å². The van der Waals surface area contributed by atoms with Crippen LogP contribution in [0, 0.1) is 11.8 Å². The summed E-state index contributed by atoms with van der Waals surface area (Å²) in [7, 11) is 0. The van der Waals surface area contributed by atoms with E-state index in [0.717, 1.165) is 24.9 Å². The fourth-order valence-electron chi connectivity index (χ4n) is 2.29. The third kappa shape index (κ3) is 4.81. The van der Waals surface area contributed by atoms with Crippen LogP contribution in [-0.2, 0) is 4.74 Å². The SMILES string of the molecule is CCOC(C1CC1)C(CCCC(C)C)NN. The number of hydrogen-bond donors (Lipinski definition) is 2. The van der Waals surface area contributed by atoms with Gasteiger partial charge in [0, 0.05) is 12.6 Å². The van der Waals surface area contributed by atoms with Crippen LogP contribution >= 0.6 is 0 Å². The topological polar surface area (TPSA) is 47.3 Å². The van der Waals surface area contributed by atoms with Crippen LogP contribution < -0.4 is 11.3 Å². The van der Waals surface area contributed by atoms with Crippen LogP contribution in [0.3, 0.4) is 0 Å². The lowest BCUT2D eigenvalue weighted by Gasteiger charge is -2.26. The molecule has 0 aromatic rings. The van der Waals surface area contributed by atoms with Crippen molar-refractivity contribution in [1.29, 1.82) is 0 Å². The zero-order valence-corrected chi connectivity index (χ0v) is 11.0. The lowest BCUT2D eigenvalue weighted by Crippen LogP contribution is -2.46. The van der Waals surface area contributed by atoms with Crippen LogP contribution in [0.25, 0.3) is 0 Å². The van der Waals surface area contributed by atoms with Gasteiger partial charge >= 0.3 is 0 Å². The maximum Gasteiger partial charge on any atom is 0.0769 e. The summed E-state index contributed by atoms with van der Waals surface area (Å²) >= 11 is 0. The fourth-order valence-corrected chi connectivity index (χ4v) is 2.29. The van der Waals surface area contributed by atoms with E-state index in [2.05, 4.69) is 26.2 Å². The Morgan fingerprint density at radius 3 is 2.44 bits per heavy atom. The summed E-state index contributed by atoms with van der Waals surface area (Å²) in [4.78, 5) is 0. The van der Waals surface area contributed by atoms with Gasteiger partial charge in [0.15, 0.2) is 0 Å². The molecule has 0 bridgehead atoms. The predicted molar refractivity (Wildman–Crippen MR) is 67.9 cm³/mol. The highest BCUT2D eigenvalue weighted by atomic mass is 16.5. The van der Waals surface area contributed by atoms with Crippen LogP contribution in [0.15, 0.2) is 0 Å². The van der Waals surface area contributed by atoms with Gasteiger partial charge in [-0.25, -0.2) is 0 Å². The Kier molecular flexibility index (Phi) is 6.32. The van der Waals surface area contributed by atoms with Crippen molar-refractivity contribution in [2.24, 2.45) is 17.7 Å². The molecular formula is C13H28N2O. The molecule has 3 nitrogen and oxygen atoms in total. The van der Waals surface area contributed by atoms with Gasteiger partial charge in [0.2, 0.25) is 0 Å². The third-order valence-electron chi connectivity index (χ3n) is 3.35. The molecule has 2 atom stereocenters. The van der Waals surface area contributed by atoms with Gasteiger partial charge in [-0.2, -0.15) is 0 Å². The molecule has 0 aromatic heterocycles. The van der Waals surface area contributed by atoms with E-state index >= 15 is 0 Å². The molecule has 2 unspecified atom stereocenters. The van der Waals surface area contributed by atoms with E-state index in [1.54, 1.807) is 0 Å². The Bertz CT molecular complexity index is 181. The Morgan fingerprint density at radius 2 is 2.00 bits per heavy atom. The molecule has 0 saturated heterocycles. The van der Waals surface area contributed by atoms with Gasteiger partial charge in [-0.05, 0) is 38.0 Å². The standard InChI is InChI=1S/C13H28N2O/c1-4-16-13(11-8-9-11)12(15-14)7-5-6-10(2)3/h10-13,15H,4-9,14H2,1-3H3. The Morgan fingerprint density at radius 1 is 1.31 bits per heavy atom. The lowest BCUT2D eigenvalue weighted by molar-refractivity contribution is 0.0162. The van der Waals surface area contributed by atoms with Crippen LogP contribution in [0.1, 0.15) is 52.9 Å². The van der Waals surface area contributed by atoms with E-state index in [0.29, 0.717) is 12.1 Å². The molecule has 1 saturated carbocycles. The van der Waals surface area contributed by atoms with Crippen LogP contribution in [-0.4, -0.2) is 18.8 Å². The fraction of sp³-hybridized carbons (Fsp3) is 1.00. The van der Waals surface area contributed by atoms with Gasteiger partial charge in [-0.3, -0.25) is 11.3 Å². The van der Waals surface area contributed by atoms with Gasteiger partial charge in [0.05, 0.1) is 6.10 Å². The Hall–Kier alpha value is -0.120. The highest BCUT2D eigenvalue weighted by Crippen LogP contribution is 2.36. The van der Waals surface area contributed by atoms with Crippen LogP contribution in [0.4, 0.5) is 0 Å². The monoisotopic (exact) mass is 228 g/mol. The van der Waals surface area contributed by atoms with E-state index < -0.39 is 0 Å². The number of hydrogen-bond acceptors (Lipinski definition) is 3. The summed E-state index contributed by atoms with van der Waals surface area (Å²) in [6.45, 7) is 7.40. The largest absolute Gasteiger partial charge is 0.377 e. The molecule has 96 valence electrons. The first-order valence-electron chi connectivity index (χ1n) is 6.76. The van der Waals surface area contributed by atoms with Crippen molar-refractivity contribution in [2.45, 2.75) is 65.0 Å². The zero-order valence-electron chi connectivity index (χ0n) is 11.0. The summed E-state index contributed by atoms with van der Waals surface area (Å²) < 4.78 is 5.83. The van der Waals surface area contributed by atoms with E-state index in [1.165, 1.54) is 25.7 Å². The normalized spacial score (nSPS) is 20.1. The average molecular weight is 228 g/mol. The summed E-state index contributed by atoms with van der Waals surface area (Å²) in [5, 5.41) is 0. The van der Waals surface area contributed by atoms with Crippen molar-refractivity contribution in [3.8, 4) is 0 Å². The molecule has 0 heterocycles. The van der Waals surface area contributed by atoms with E-state index in [4.69, 9.17) is 10.6 Å². The van der Waals surface area contributed by atoms with Crippen molar-refractivity contribution in [3.63, 3.8) is 0 Å². The molecule has 1 fully saturated rings. The molecule has 1 aliphatic rings. The summed E-state index contributed by atoms with van der Waals surface area (Å²) in [6.07, 6.45) is 6.61. The highest BCUT2D eigenvalue weighted by Gasteiger charge is 2.36. The summed E-state index contributed by atoms with van der Waals surface area (Å²) in [6, 6.07) is 0.339. The number of nitrogens with one attached hydrogen (secondary N) is 1. The van der Waals surface area contributed by atoms with Crippen molar-refractivity contribution in [1.82, 2.24) is 5.43 Å². The predicted octanol–water partition coefficient (Wildman–Crippen LogP) is 2.46. The number of hydrazine groups is 1. The second kappa shape index (κ2) is 7.25. The molecule has 0 spiro atoms.